The molecule has 0 bridgehead atoms. The number of allylic oxidation sites excluding steroid dienone is 1. The Morgan fingerprint density at radius 3 is 1.97 bits per heavy atom. The maximum absolute atomic E-state index is 5.31. The Morgan fingerprint density at radius 1 is 0.603 bits per heavy atom. The Bertz CT molecular complexity index is 3530. The van der Waals surface area contributed by atoms with E-state index >= 15 is 0 Å². The number of benzene rings is 9. The molecular formula is C62H50N6. The second-order valence-corrected chi connectivity index (χ2v) is 17.4. The highest BCUT2D eigenvalue weighted by molar-refractivity contribution is 6.26. The van der Waals surface area contributed by atoms with E-state index < -0.39 is 0 Å². The van der Waals surface area contributed by atoms with Gasteiger partial charge in [0, 0.05) is 40.3 Å². The van der Waals surface area contributed by atoms with Crippen LogP contribution in [0, 0.1) is 6.92 Å². The smallest absolute Gasteiger partial charge is 0.161 e. The van der Waals surface area contributed by atoms with Gasteiger partial charge >= 0.3 is 0 Å². The van der Waals surface area contributed by atoms with Crippen molar-refractivity contribution in [2.75, 3.05) is 4.90 Å². The van der Waals surface area contributed by atoms with Crippen molar-refractivity contribution in [3.8, 4) is 17.1 Å². The molecular weight excluding hydrogens is 829 g/mol. The van der Waals surface area contributed by atoms with Crippen molar-refractivity contribution in [2.45, 2.75) is 39.3 Å². The molecule has 10 aromatic rings. The van der Waals surface area contributed by atoms with Crippen LogP contribution in [0.4, 0.5) is 11.4 Å². The largest absolute Gasteiger partial charge is 0.337 e. The lowest BCUT2D eigenvalue weighted by atomic mass is 9.93. The predicted octanol–water partition coefficient (Wildman–Crippen LogP) is 15.1. The molecule has 1 heterocycles. The van der Waals surface area contributed by atoms with Gasteiger partial charge in [-0.3, -0.25) is 9.56 Å². The fraction of sp³-hybridized carbons (Fsp3) is 0.0968. The van der Waals surface area contributed by atoms with Crippen LogP contribution in [0.2, 0.25) is 0 Å². The average molecular weight is 879 g/mol. The van der Waals surface area contributed by atoms with E-state index in [2.05, 4.69) is 240 Å². The Morgan fingerprint density at radius 2 is 1.25 bits per heavy atom. The third-order valence-electron chi connectivity index (χ3n) is 13.1. The highest BCUT2D eigenvalue weighted by Crippen LogP contribution is 2.36. The zero-order chi connectivity index (χ0) is 45.8. The van der Waals surface area contributed by atoms with Crippen molar-refractivity contribution in [1.29, 1.82) is 0 Å². The first kappa shape index (κ1) is 42.2. The van der Waals surface area contributed by atoms with Crippen LogP contribution >= 0.6 is 0 Å². The lowest BCUT2D eigenvalue weighted by Crippen LogP contribution is -2.17. The minimum Gasteiger partial charge on any atom is -0.337 e. The van der Waals surface area contributed by atoms with Gasteiger partial charge in [-0.1, -0.05) is 164 Å². The average Bonchev–Trinajstić information content (AvgIpc) is 3.60. The first-order valence-corrected chi connectivity index (χ1v) is 23.4. The summed E-state index contributed by atoms with van der Waals surface area (Å²) in [5, 5.41) is 7.19. The molecule has 0 atom stereocenters. The number of aliphatic imine (C=N–C) groups is 3. The Hall–Kier alpha value is -8.48. The molecule has 6 nitrogen and oxygen atoms in total. The molecule has 68 heavy (non-hydrogen) atoms. The molecule has 1 aromatic heterocycles. The van der Waals surface area contributed by atoms with Gasteiger partial charge in [-0.05, 0) is 130 Å². The summed E-state index contributed by atoms with van der Waals surface area (Å²) in [5.74, 6) is 2.04. The van der Waals surface area contributed by atoms with Gasteiger partial charge in [0.15, 0.2) is 11.7 Å². The summed E-state index contributed by atoms with van der Waals surface area (Å²) in [6, 6.07) is 70.7. The molecule has 11 rings (SSSR count). The molecule has 0 N–H and O–H groups in total. The van der Waals surface area contributed by atoms with Gasteiger partial charge in [0.05, 0.1) is 17.9 Å². The number of hydrogen-bond donors (Lipinski definition) is 0. The summed E-state index contributed by atoms with van der Waals surface area (Å²) in [6.45, 7) is 7.30. The second kappa shape index (κ2) is 18.8. The molecule has 0 spiro atoms. The number of anilines is 2. The second-order valence-electron chi connectivity index (χ2n) is 17.4. The summed E-state index contributed by atoms with van der Waals surface area (Å²) in [5.41, 5.74) is 11.9. The number of fused-ring (bicyclic) bond motifs is 7. The maximum Gasteiger partial charge on any atom is 0.161 e. The van der Waals surface area contributed by atoms with Crippen molar-refractivity contribution in [3.63, 3.8) is 0 Å². The van der Waals surface area contributed by atoms with E-state index in [4.69, 9.17) is 15.0 Å². The Labute approximate surface area is 397 Å². The molecule has 6 heteroatoms. The van der Waals surface area contributed by atoms with Gasteiger partial charge in [0.1, 0.15) is 5.82 Å². The van der Waals surface area contributed by atoms with Crippen LogP contribution in [-0.4, -0.2) is 27.9 Å². The fourth-order valence-corrected chi connectivity index (χ4v) is 9.71. The number of amidine groups is 2. The minimum atomic E-state index is 0.411. The number of hydrogen-bond acceptors (Lipinski definition) is 3. The van der Waals surface area contributed by atoms with E-state index in [0.717, 1.165) is 81.0 Å². The molecule has 0 fully saturated rings. The van der Waals surface area contributed by atoms with Crippen molar-refractivity contribution >= 4 is 68.2 Å². The van der Waals surface area contributed by atoms with E-state index in [-0.39, 0.29) is 0 Å². The maximum atomic E-state index is 5.31. The van der Waals surface area contributed by atoms with Crippen LogP contribution < -0.4 is 4.90 Å². The van der Waals surface area contributed by atoms with E-state index in [1.54, 1.807) is 0 Å². The van der Waals surface area contributed by atoms with E-state index in [0.29, 0.717) is 24.8 Å². The van der Waals surface area contributed by atoms with E-state index in [1.807, 2.05) is 0 Å². The molecule has 0 saturated heterocycles. The Kier molecular flexibility index (Phi) is 11.7. The number of aryl methyl sites for hydroxylation is 1. The quantitative estimate of drug-likeness (QED) is 0.0781. The molecule has 1 aliphatic rings. The summed E-state index contributed by atoms with van der Waals surface area (Å²) < 4.78 is 2.33. The third-order valence-corrected chi connectivity index (χ3v) is 13.1. The number of nitrogens with zero attached hydrogens (tertiary/aromatic N) is 6. The normalized spacial score (nSPS) is 12.9. The zero-order valence-electron chi connectivity index (χ0n) is 38.1. The highest BCUT2D eigenvalue weighted by atomic mass is 15.1. The molecule has 328 valence electrons. The molecule has 1 aliphatic carbocycles. The molecule has 0 aliphatic heterocycles. The number of para-hydroxylation sites is 3. The summed E-state index contributed by atoms with van der Waals surface area (Å²) in [6.07, 6.45) is 7.57. The van der Waals surface area contributed by atoms with Crippen molar-refractivity contribution in [1.82, 2.24) is 9.55 Å². The van der Waals surface area contributed by atoms with E-state index in [1.165, 1.54) is 38.2 Å². The van der Waals surface area contributed by atoms with Gasteiger partial charge in [-0.2, -0.15) is 0 Å². The summed E-state index contributed by atoms with van der Waals surface area (Å²) in [7, 11) is 0. The molecule has 9 aromatic carbocycles. The monoisotopic (exact) mass is 878 g/mol. The number of rotatable bonds is 10. The van der Waals surface area contributed by atoms with Gasteiger partial charge in [0.25, 0.3) is 0 Å². The molecule has 0 amide bonds. The fourth-order valence-electron chi connectivity index (χ4n) is 9.71. The third kappa shape index (κ3) is 8.33. The molecule has 0 saturated carbocycles. The van der Waals surface area contributed by atoms with Crippen LogP contribution in [0.3, 0.4) is 0 Å². The first-order chi connectivity index (χ1) is 33.6. The minimum absolute atomic E-state index is 0.411. The molecule has 0 radical (unpaired) electrons. The molecule has 0 unspecified atom stereocenters. The van der Waals surface area contributed by atoms with Gasteiger partial charge in [0.2, 0.25) is 0 Å². The standard InChI is InChI=1S/C62H50N6/c1-43-19-12-17-31-58(43)67(49-22-6-3-7-23-49)42-45-20-18-21-47(39-45)61(66-60(63-2)48-37-38-55-53-28-14-13-26-51(53)52-27-15-16-29-54(52)56(55)40-48)64-41-44-33-35-46(36-34-44)62-65-57-30-10-5-11-32-59(57)68(62)50-24-8-4-9-25-50/h3-4,6-10,12-31,33-40H,2,5,11,32,41-42H2,1H3. The number of aromatic nitrogens is 2. The van der Waals surface area contributed by atoms with Crippen LogP contribution in [0.25, 0.3) is 55.5 Å². The topological polar surface area (TPSA) is 58.1 Å². The van der Waals surface area contributed by atoms with Crippen LogP contribution in [-0.2, 0) is 19.5 Å². The van der Waals surface area contributed by atoms with E-state index in [9.17, 15) is 0 Å². The summed E-state index contributed by atoms with van der Waals surface area (Å²) in [4.78, 5) is 22.8. The van der Waals surface area contributed by atoms with Crippen molar-refractivity contribution < 1.29 is 0 Å². The van der Waals surface area contributed by atoms with Crippen LogP contribution in [0.15, 0.2) is 221 Å². The first-order valence-electron chi connectivity index (χ1n) is 23.4. The van der Waals surface area contributed by atoms with Gasteiger partial charge in [-0.25, -0.2) is 15.0 Å². The number of imidazole rings is 1. The highest BCUT2D eigenvalue weighted by Gasteiger charge is 2.20. The van der Waals surface area contributed by atoms with Gasteiger partial charge in [-0.15, -0.1) is 0 Å². The zero-order valence-corrected chi connectivity index (χ0v) is 38.1. The predicted molar refractivity (Wildman–Crippen MR) is 286 cm³/mol. The van der Waals surface area contributed by atoms with Crippen molar-refractivity contribution in [3.05, 3.63) is 245 Å². The Balaban J connectivity index is 0.995. The summed E-state index contributed by atoms with van der Waals surface area (Å²) >= 11 is 0. The lowest BCUT2D eigenvalue weighted by molar-refractivity contribution is 0.803. The SMILES string of the molecule is C=NC(=NC(=NCc1ccc(-c2nc3c(n2-c2ccccc2)CCCC=C3)cc1)c1cccc(CN(c2ccccc2)c2ccccc2C)c1)c1ccc2c3ccccc3c3ccccc3c2c1. The van der Waals surface area contributed by atoms with Gasteiger partial charge < -0.3 is 4.90 Å². The van der Waals surface area contributed by atoms with Crippen LogP contribution in [0.1, 0.15) is 52.0 Å². The lowest BCUT2D eigenvalue weighted by Gasteiger charge is -2.27. The van der Waals surface area contributed by atoms with Crippen molar-refractivity contribution in [2.24, 2.45) is 15.0 Å². The van der Waals surface area contributed by atoms with Crippen LogP contribution in [0.5, 0.6) is 0 Å².